The van der Waals surface area contributed by atoms with Crippen LogP contribution in [0.1, 0.15) is 34.6 Å². The van der Waals surface area contributed by atoms with Gasteiger partial charge in [0.15, 0.2) is 5.65 Å². The predicted molar refractivity (Wildman–Crippen MR) is 98.1 cm³/mol. The van der Waals surface area contributed by atoms with Gasteiger partial charge < -0.3 is 19.5 Å². The van der Waals surface area contributed by atoms with Crippen molar-refractivity contribution in [1.29, 1.82) is 0 Å². The van der Waals surface area contributed by atoms with E-state index in [0.717, 1.165) is 11.2 Å². The lowest BCUT2D eigenvalue weighted by molar-refractivity contribution is 0.0130. The molecule has 136 valence electrons. The first-order valence-corrected chi connectivity index (χ1v) is 8.79. The summed E-state index contributed by atoms with van der Waals surface area (Å²) in [6.07, 6.45) is 1.34. The molecule has 0 radical (unpaired) electrons. The van der Waals surface area contributed by atoms with E-state index in [0.29, 0.717) is 23.9 Å². The lowest BCUT2D eigenvalue weighted by Crippen LogP contribution is -2.59. The molecule has 0 saturated carbocycles. The number of ether oxygens (including phenoxy) is 1. The van der Waals surface area contributed by atoms with Crippen LogP contribution in [0.2, 0.25) is 5.15 Å². The summed E-state index contributed by atoms with van der Waals surface area (Å²) in [5.74, 6) is 0. The Morgan fingerprint density at radius 3 is 2.72 bits per heavy atom. The molecule has 0 unspecified atom stereocenters. The fourth-order valence-corrected chi connectivity index (χ4v) is 3.32. The molecule has 2 aromatic heterocycles. The SMILES string of the molecule is C[C@@H]1CN(c2cc(Cl)nc3[nH]cnc23)[C@@H](C)CN1C(=O)OC(C)(C)C. The van der Waals surface area contributed by atoms with Gasteiger partial charge in [-0.25, -0.2) is 14.8 Å². The molecule has 0 bridgehead atoms. The number of carbonyl (C=O) groups is 1. The van der Waals surface area contributed by atoms with E-state index in [1.807, 2.05) is 33.8 Å². The number of anilines is 1. The molecule has 25 heavy (non-hydrogen) atoms. The van der Waals surface area contributed by atoms with Crippen molar-refractivity contribution in [2.24, 2.45) is 0 Å². The number of aromatic nitrogens is 3. The van der Waals surface area contributed by atoms with Crippen LogP contribution in [-0.4, -0.2) is 56.7 Å². The van der Waals surface area contributed by atoms with E-state index in [9.17, 15) is 4.79 Å². The van der Waals surface area contributed by atoms with Crippen molar-refractivity contribution in [3.63, 3.8) is 0 Å². The molecule has 1 aliphatic rings. The maximum Gasteiger partial charge on any atom is 0.410 e. The molecule has 7 nitrogen and oxygen atoms in total. The van der Waals surface area contributed by atoms with E-state index in [1.54, 1.807) is 11.2 Å². The van der Waals surface area contributed by atoms with Crippen molar-refractivity contribution in [2.75, 3.05) is 18.0 Å². The minimum Gasteiger partial charge on any atom is -0.444 e. The highest BCUT2D eigenvalue weighted by Gasteiger charge is 2.35. The summed E-state index contributed by atoms with van der Waals surface area (Å²) in [5, 5.41) is 0.418. The molecule has 3 rings (SSSR count). The van der Waals surface area contributed by atoms with Crippen LogP contribution >= 0.6 is 11.6 Å². The molecular weight excluding hydrogens is 342 g/mol. The summed E-state index contributed by atoms with van der Waals surface area (Å²) in [7, 11) is 0. The third kappa shape index (κ3) is 3.66. The molecule has 0 aliphatic carbocycles. The Labute approximate surface area is 152 Å². The second-order valence-electron chi connectivity index (χ2n) is 7.55. The van der Waals surface area contributed by atoms with Crippen molar-refractivity contribution < 1.29 is 9.53 Å². The van der Waals surface area contributed by atoms with Gasteiger partial charge in [0.2, 0.25) is 0 Å². The predicted octanol–water partition coefficient (Wildman–Crippen LogP) is 3.45. The van der Waals surface area contributed by atoms with Crippen LogP contribution in [0.5, 0.6) is 0 Å². The van der Waals surface area contributed by atoms with Gasteiger partial charge in [-0.2, -0.15) is 0 Å². The minimum atomic E-state index is -0.503. The van der Waals surface area contributed by atoms with Gasteiger partial charge in [0, 0.05) is 31.2 Å². The first-order chi connectivity index (χ1) is 11.7. The maximum absolute atomic E-state index is 12.5. The lowest BCUT2D eigenvalue weighted by Gasteiger charge is -2.45. The zero-order chi connectivity index (χ0) is 18.4. The highest BCUT2D eigenvalue weighted by Crippen LogP contribution is 2.31. The van der Waals surface area contributed by atoms with E-state index in [-0.39, 0.29) is 18.2 Å². The highest BCUT2D eigenvalue weighted by molar-refractivity contribution is 6.30. The molecule has 1 amide bonds. The van der Waals surface area contributed by atoms with E-state index in [1.165, 1.54) is 0 Å². The van der Waals surface area contributed by atoms with Crippen LogP contribution in [0, 0.1) is 0 Å². The number of fused-ring (bicyclic) bond motifs is 1. The van der Waals surface area contributed by atoms with Crippen molar-refractivity contribution in [1.82, 2.24) is 19.9 Å². The normalized spacial score (nSPS) is 21.7. The molecule has 1 aliphatic heterocycles. The smallest absolute Gasteiger partial charge is 0.410 e. The summed E-state index contributed by atoms with van der Waals surface area (Å²) in [6, 6.07) is 1.94. The van der Waals surface area contributed by atoms with Crippen LogP contribution in [0.3, 0.4) is 0 Å². The fraction of sp³-hybridized carbons (Fsp3) is 0.588. The topological polar surface area (TPSA) is 74.4 Å². The molecule has 1 saturated heterocycles. The van der Waals surface area contributed by atoms with E-state index >= 15 is 0 Å². The summed E-state index contributed by atoms with van der Waals surface area (Å²) >= 11 is 6.17. The Morgan fingerprint density at radius 2 is 2.04 bits per heavy atom. The molecule has 2 aromatic rings. The minimum absolute atomic E-state index is 0.00647. The number of hydrogen-bond donors (Lipinski definition) is 1. The Hall–Kier alpha value is -2.02. The van der Waals surface area contributed by atoms with Gasteiger partial charge in [0.1, 0.15) is 16.3 Å². The first-order valence-electron chi connectivity index (χ1n) is 8.41. The highest BCUT2D eigenvalue weighted by atomic mass is 35.5. The summed E-state index contributed by atoms with van der Waals surface area (Å²) in [4.78, 5) is 28.1. The zero-order valence-electron chi connectivity index (χ0n) is 15.2. The van der Waals surface area contributed by atoms with Crippen LogP contribution in [0.15, 0.2) is 12.4 Å². The van der Waals surface area contributed by atoms with Gasteiger partial charge in [0.25, 0.3) is 0 Å². The number of hydrogen-bond acceptors (Lipinski definition) is 5. The Bertz CT molecular complexity index is 785. The number of piperazine rings is 1. The number of amides is 1. The summed E-state index contributed by atoms with van der Waals surface area (Å²) in [6.45, 7) is 11.0. The van der Waals surface area contributed by atoms with E-state index in [4.69, 9.17) is 16.3 Å². The van der Waals surface area contributed by atoms with Gasteiger partial charge in [-0.05, 0) is 34.6 Å². The number of H-pyrrole nitrogens is 1. The molecule has 1 N–H and O–H groups in total. The number of nitrogens with one attached hydrogen (secondary N) is 1. The van der Waals surface area contributed by atoms with Crippen molar-refractivity contribution in [2.45, 2.75) is 52.3 Å². The van der Waals surface area contributed by atoms with Gasteiger partial charge in [-0.1, -0.05) is 11.6 Å². The molecule has 1 fully saturated rings. The molecule has 0 aromatic carbocycles. The van der Waals surface area contributed by atoms with Crippen molar-refractivity contribution in [3.8, 4) is 0 Å². The first kappa shape index (κ1) is 17.8. The van der Waals surface area contributed by atoms with Gasteiger partial charge in [0.05, 0.1) is 12.0 Å². The number of imidazole rings is 1. The third-order valence-electron chi connectivity index (χ3n) is 4.26. The molecule has 3 heterocycles. The Kier molecular flexibility index (Phi) is 4.53. The Morgan fingerprint density at radius 1 is 1.32 bits per heavy atom. The second-order valence-corrected chi connectivity index (χ2v) is 7.93. The standard InChI is InChI=1S/C17H24ClN5O2/c1-10-8-23(16(24)25-17(3,4)5)11(2)7-22(10)12-6-13(18)21-15-14(12)19-9-20-15/h6,9-11H,7-8H2,1-5H3,(H,19,20,21)/t10-,11+/m0/s1. The van der Waals surface area contributed by atoms with Crippen LogP contribution in [0.4, 0.5) is 10.5 Å². The van der Waals surface area contributed by atoms with E-state index < -0.39 is 5.60 Å². The van der Waals surface area contributed by atoms with Crippen LogP contribution in [-0.2, 0) is 4.74 Å². The van der Waals surface area contributed by atoms with Crippen molar-refractivity contribution >= 4 is 34.5 Å². The van der Waals surface area contributed by atoms with Crippen LogP contribution in [0.25, 0.3) is 11.2 Å². The van der Waals surface area contributed by atoms with Crippen molar-refractivity contribution in [3.05, 3.63) is 17.5 Å². The molecule has 0 spiro atoms. The van der Waals surface area contributed by atoms with Gasteiger partial charge >= 0.3 is 6.09 Å². The molecular formula is C17H24ClN5O2. The number of carbonyl (C=O) groups excluding carboxylic acids is 1. The average Bonchev–Trinajstić information content (AvgIpc) is 2.94. The summed E-state index contributed by atoms with van der Waals surface area (Å²) in [5.41, 5.74) is 1.88. The third-order valence-corrected chi connectivity index (χ3v) is 4.45. The maximum atomic E-state index is 12.5. The second kappa shape index (κ2) is 6.37. The van der Waals surface area contributed by atoms with Crippen LogP contribution < -0.4 is 4.90 Å². The number of pyridine rings is 1. The monoisotopic (exact) mass is 365 g/mol. The Balaban J connectivity index is 1.85. The van der Waals surface area contributed by atoms with Gasteiger partial charge in [-0.3, -0.25) is 0 Å². The molecule has 2 atom stereocenters. The molecule has 8 heteroatoms. The zero-order valence-corrected chi connectivity index (χ0v) is 16.0. The van der Waals surface area contributed by atoms with Gasteiger partial charge in [-0.15, -0.1) is 0 Å². The number of halogens is 1. The summed E-state index contributed by atoms with van der Waals surface area (Å²) < 4.78 is 5.53. The fourth-order valence-electron chi connectivity index (χ4n) is 3.14. The van der Waals surface area contributed by atoms with E-state index in [2.05, 4.69) is 26.8 Å². The number of aromatic amines is 1. The number of nitrogens with zero attached hydrogens (tertiary/aromatic N) is 4. The largest absolute Gasteiger partial charge is 0.444 e. The number of rotatable bonds is 1. The quantitative estimate of drug-likeness (QED) is 0.783. The lowest BCUT2D eigenvalue weighted by atomic mass is 10.1. The average molecular weight is 366 g/mol.